The molecule has 114 valence electrons. The van der Waals surface area contributed by atoms with Gasteiger partial charge in [0.1, 0.15) is 12.1 Å². The van der Waals surface area contributed by atoms with Crippen LogP contribution >= 0.6 is 0 Å². The number of ketones is 1. The fraction of sp³-hybridized carbons (Fsp3) is 0.0625. The van der Waals surface area contributed by atoms with E-state index in [1.54, 1.807) is 30.3 Å². The molecule has 0 aliphatic rings. The molecule has 0 aliphatic heterocycles. The van der Waals surface area contributed by atoms with Crippen molar-refractivity contribution < 1.29 is 9.72 Å². The van der Waals surface area contributed by atoms with Gasteiger partial charge in [-0.05, 0) is 6.07 Å². The van der Waals surface area contributed by atoms with Gasteiger partial charge in [0.25, 0.3) is 5.69 Å². The highest BCUT2D eigenvalue weighted by Gasteiger charge is 2.11. The van der Waals surface area contributed by atoms with E-state index in [1.165, 1.54) is 18.5 Å². The summed E-state index contributed by atoms with van der Waals surface area (Å²) in [7, 11) is 0. The first-order valence-corrected chi connectivity index (χ1v) is 6.86. The number of nitrogens with one attached hydrogen (secondary N) is 1. The first-order chi connectivity index (χ1) is 11.1. The molecule has 1 aromatic heterocycles. The summed E-state index contributed by atoms with van der Waals surface area (Å²) < 4.78 is 0. The maximum absolute atomic E-state index is 12.1. The second-order valence-electron chi connectivity index (χ2n) is 4.82. The standard InChI is InChI=1S/C16H12N4O3/c21-15(11-4-2-1-3-5-11)9-17-16-13-7-6-12(20(22)23)8-14(13)18-10-19-16/h1-8,10H,9H2,(H,17,18,19). The number of nitro benzene ring substituents is 1. The van der Waals surface area contributed by atoms with Crippen LogP contribution in [0.3, 0.4) is 0 Å². The third-order valence-corrected chi connectivity index (χ3v) is 3.34. The predicted molar refractivity (Wildman–Crippen MR) is 85.5 cm³/mol. The van der Waals surface area contributed by atoms with Crippen LogP contribution in [0.1, 0.15) is 10.4 Å². The normalized spacial score (nSPS) is 10.4. The largest absolute Gasteiger partial charge is 0.362 e. The fourth-order valence-electron chi connectivity index (χ4n) is 2.19. The zero-order valence-corrected chi connectivity index (χ0v) is 12.0. The molecule has 0 atom stereocenters. The van der Waals surface area contributed by atoms with Crippen LogP contribution in [0.25, 0.3) is 10.9 Å². The van der Waals surface area contributed by atoms with Gasteiger partial charge in [-0.3, -0.25) is 14.9 Å². The molecule has 0 aliphatic carbocycles. The molecule has 1 N–H and O–H groups in total. The summed E-state index contributed by atoms with van der Waals surface area (Å²) in [5.41, 5.74) is 1.01. The summed E-state index contributed by atoms with van der Waals surface area (Å²) in [5, 5.41) is 14.4. The van der Waals surface area contributed by atoms with E-state index in [0.29, 0.717) is 22.3 Å². The lowest BCUT2D eigenvalue weighted by atomic mass is 10.1. The summed E-state index contributed by atoms with van der Waals surface area (Å²) in [6.07, 6.45) is 1.31. The molecule has 0 unspecified atom stereocenters. The topological polar surface area (TPSA) is 98.0 Å². The Hall–Kier alpha value is -3.35. The number of non-ortho nitro benzene ring substituents is 1. The summed E-state index contributed by atoms with van der Waals surface area (Å²) in [4.78, 5) is 30.6. The number of carbonyl (C=O) groups excluding carboxylic acids is 1. The summed E-state index contributed by atoms with van der Waals surface area (Å²) in [6, 6.07) is 13.3. The summed E-state index contributed by atoms with van der Waals surface area (Å²) in [6.45, 7) is 0.0765. The van der Waals surface area contributed by atoms with Gasteiger partial charge in [-0.15, -0.1) is 0 Å². The van der Waals surface area contributed by atoms with Crippen molar-refractivity contribution in [3.63, 3.8) is 0 Å². The van der Waals surface area contributed by atoms with Crippen molar-refractivity contribution in [2.75, 3.05) is 11.9 Å². The number of hydrogen-bond donors (Lipinski definition) is 1. The van der Waals surface area contributed by atoms with Gasteiger partial charge < -0.3 is 5.32 Å². The zero-order chi connectivity index (χ0) is 16.2. The van der Waals surface area contributed by atoms with E-state index in [4.69, 9.17) is 0 Å². The van der Waals surface area contributed by atoms with Crippen molar-refractivity contribution in [1.29, 1.82) is 0 Å². The zero-order valence-electron chi connectivity index (χ0n) is 12.0. The molecule has 7 heteroatoms. The first-order valence-electron chi connectivity index (χ1n) is 6.86. The molecule has 1 heterocycles. The average molecular weight is 308 g/mol. The van der Waals surface area contributed by atoms with Crippen molar-refractivity contribution in [3.8, 4) is 0 Å². The SMILES string of the molecule is O=C(CNc1ncnc2cc([N+](=O)[O-])ccc12)c1ccccc1. The van der Waals surface area contributed by atoms with E-state index < -0.39 is 4.92 Å². The second-order valence-corrected chi connectivity index (χ2v) is 4.82. The van der Waals surface area contributed by atoms with Crippen molar-refractivity contribution >= 4 is 28.2 Å². The van der Waals surface area contributed by atoms with Gasteiger partial charge in [0.05, 0.1) is 17.0 Å². The van der Waals surface area contributed by atoms with Crippen molar-refractivity contribution in [2.45, 2.75) is 0 Å². The van der Waals surface area contributed by atoms with Crippen LogP contribution in [-0.2, 0) is 0 Å². The molecule has 0 spiro atoms. The molecule has 0 radical (unpaired) electrons. The molecule has 0 bridgehead atoms. The lowest BCUT2D eigenvalue weighted by molar-refractivity contribution is -0.384. The highest BCUT2D eigenvalue weighted by Crippen LogP contribution is 2.23. The maximum Gasteiger partial charge on any atom is 0.271 e. The van der Waals surface area contributed by atoms with Crippen LogP contribution in [0.5, 0.6) is 0 Å². The number of benzene rings is 2. The minimum atomic E-state index is -0.479. The molecule has 0 saturated carbocycles. The highest BCUT2D eigenvalue weighted by atomic mass is 16.6. The number of nitrogens with zero attached hydrogens (tertiary/aromatic N) is 3. The van der Waals surface area contributed by atoms with Gasteiger partial charge >= 0.3 is 0 Å². The minimum absolute atomic E-state index is 0.0393. The smallest absolute Gasteiger partial charge is 0.271 e. The van der Waals surface area contributed by atoms with E-state index in [-0.39, 0.29) is 18.0 Å². The first kappa shape index (κ1) is 14.6. The molecule has 0 saturated heterocycles. The number of Topliss-reactive ketones (excluding diaryl/α,β-unsaturated/α-hetero) is 1. The van der Waals surface area contributed by atoms with Crippen LogP contribution in [0.4, 0.5) is 11.5 Å². The average Bonchev–Trinajstić information content (AvgIpc) is 2.59. The van der Waals surface area contributed by atoms with E-state index in [2.05, 4.69) is 15.3 Å². The fourth-order valence-corrected chi connectivity index (χ4v) is 2.19. The number of hydrogen-bond acceptors (Lipinski definition) is 6. The number of fused-ring (bicyclic) bond motifs is 1. The number of nitro groups is 1. The molecular weight excluding hydrogens is 296 g/mol. The van der Waals surface area contributed by atoms with Gasteiger partial charge in [-0.2, -0.15) is 0 Å². The lowest BCUT2D eigenvalue weighted by Crippen LogP contribution is -2.15. The highest BCUT2D eigenvalue weighted by molar-refractivity contribution is 6.00. The third kappa shape index (κ3) is 3.13. The second kappa shape index (κ2) is 6.18. The quantitative estimate of drug-likeness (QED) is 0.442. The molecule has 23 heavy (non-hydrogen) atoms. The Bertz CT molecular complexity index is 881. The van der Waals surface area contributed by atoms with E-state index >= 15 is 0 Å². The number of carbonyl (C=O) groups is 1. The van der Waals surface area contributed by atoms with Crippen LogP contribution in [0, 0.1) is 10.1 Å². The van der Waals surface area contributed by atoms with Crippen LogP contribution in [-0.4, -0.2) is 27.2 Å². The van der Waals surface area contributed by atoms with Crippen molar-refractivity contribution in [2.24, 2.45) is 0 Å². The summed E-state index contributed by atoms with van der Waals surface area (Å²) >= 11 is 0. The van der Waals surface area contributed by atoms with E-state index in [0.717, 1.165) is 0 Å². The number of rotatable bonds is 5. The molecule has 2 aromatic carbocycles. The van der Waals surface area contributed by atoms with Crippen LogP contribution in [0.15, 0.2) is 54.9 Å². The van der Waals surface area contributed by atoms with Crippen LogP contribution in [0.2, 0.25) is 0 Å². The van der Waals surface area contributed by atoms with Gasteiger partial charge in [0, 0.05) is 23.1 Å². The predicted octanol–water partition coefficient (Wildman–Crippen LogP) is 2.83. The minimum Gasteiger partial charge on any atom is -0.362 e. The summed E-state index contributed by atoms with van der Waals surface area (Å²) in [5.74, 6) is 0.397. The Morgan fingerprint density at radius 2 is 1.91 bits per heavy atom. The Kier molecular flexibility index (Phi) is 3.92. The lowest BCUT2D eigenvalue weighted by Gasteiger charge is -2.07. The van der Waals surface area contributed by atoms with Crippen LogP contribution < -0.4 is 5.32 Å². The molecule has 3 rings (SSSR count). The van der Waals surface area contributed by atoms with Gasteiger partial charge in [0.2, 0.25) is 0 Å². The van der Waals surface area contributed by atoms with Gasteiger partial charge in [-0.1, -0.05) is 30.3 Å². The Morgan fingerprint density at radius 3 is 2.65 bits per heavy atom. The maximum atomic E-state index is 12.1. The van der Waals surface area contributed by atoms with E-state index in [1.807, 2.05) is 6.07 Å². The Balaban J connectivity index is 1.83. The van der Waals surface area contributed by atoms with Gasteiger partial charge in [0.15, 0.2) is 5.78 Å². The number of aromatic nitrogens is 2. The molecule has 3 aromatic rings. The molecular formula is C16H12N4O3. The Labute approximate surface area is 131 Å². The van der Waals surface area contributed by atoms with E-state index in [9.17, 15) is 14.9 Å². The third-order valence-electron chi connectivity index (χ3n) is 3.34. The monoisotopic (exact) mass is 308 g/mol. The van der Waals surface area contributed by atoms with Gasteiger partial charge in [-0.25, -0.2) is 9.97 Å². The molecule has 7 nitrogen and oxygen atoms in total. The Morgan fingerprint density at radius 1 is 1.13 bits per heavy atom. The number of anilines is 1. The molecule has 0 amide bonds. The van der Waals surface area contributed by atoms with Crippen molar-refractivity contribution in [1.82, 2.24) is 9.97 Å². The molecule has 0 fully saturated rings. The van der Waals surface area contributed by atoms with Crippen molar-refractivity contribution in [3.05, 3.63) is 70.5 Å².